The van der Waals surface area contributed by atoms with Crippen LogP contribution in [-0.2, 0) is 25.8 Å². The molecule has 0 unspecified atom stereocenters. The molecule has 4 aromatic rings. The molecule has 1 fully saturated rings. The summed E-state index contributed by atoms with van der Waals surface area (Å²) in [5, 5.41) is 20.3. The van der Waals surface area contributed by atoms with Crippen LogP contribution in [-0.4, -0.2) is 77.4 Å². The summed E-state index contributed by atoms with van der Waals surface area (Å²) in [5.74, 6) is -1.52. The number of benzene rings is 3. The van der Waals surface area contributed by atoms with Gasteiger partial charge in [0, 0.05) is 11.5 Å². The van der Waals surface area contributed by atoms with Crippen LogP contribution in [0.4, 0.5) is 18.0 Å². The van der Waals surface area contributed by atoms with Crippen molar-refractivity contribution in [3.8, 4) is 16.9 Å². The topological polar surface area (TPSA) is 179 Å². The van der Waals surface area contributed by atoms with E-state index in [-0.39, 0.29) is 58.0 Å². The van der Waals surface area contributed by atoms with Crippen molar-refractivity contribution in [1.82, 2.24) is 24.4 Å². The van der Waals surface area contributed by atoms with Crippen molar-refractivity contribution in [1.29, 1.82) is 0 Å². The van der Waals surface area contributed by atoms with Crippen molar-refractivity contribution in [3.05, 3.63) is 106 Å². The molecular weight excluding hydrogens is 687 g/mol. The Morgan fingerprint density at radius 1 is 1.02 bits per heavy atom. The summed E-state index contributed by atoms with van der Waals surface area (Å²) in [6, 6.07) is 18.5. The zero-order valence-corrected chi connectivity index (χ0v) is 26.7. The van der Waals surface area contributed by atoms with Crippen LogP contribution in [0.25, 0.3) is 16.9 Å². The van der Waals surface area contributed by atoms with Crippen molar-refractivity contribution in [2.24, 2.45) is 11.2 Å². The zero-order valence-electron chi connectivity index (χ0n) is 25.9. The third kappa shape index (κ3) is 6.93. The lowest BCUT2D eigenvalue weighted by molar-refractivity contribution is -0.727. The number of halogens is 3. The van der Waals surface area contributed by atoms with Gasteiger partial charge in [-0.05, 0) is 49.4 Å². The number of fused-ring (bicyclic) bond motifs is 1. The van der Waals surface area contributed by atoms with Crippen molar-refractivity contribution in [2.75, 3.05) is 26.4 Å². The molecule has 6 rings (SSSR count). The number of rotatable bonds is 10. The lowest BCUT2D eigenvalue weighted by atomic mass is 10.0. The van der Waals surface area contributed by atoms with E-state index in [9.17, 15) is 41.2 Å². The molecule has 2 aliphatic heterocycles. The summed E-state index contributed by atoms with van der Waals surface area (Å²) in [5.41, 5.74) is 0.924. The van der Waals surface area contributed by atoms with Crippen LogP contribution < -0.4 is 4.72 Å². The van der Waals surface area contributed by atoms with Crippen LogP contribution in [0.3, 0.4) is 0 Å². The fraction of sp³-hybridized carbons (Fsp3) is 0.226. The fourth-order valence-electron chi connectivity index (χ4n) is 5.13. The van der Waals surface area contributed by atoms with E-state index >= 15 is 0 Å². The second-order valence-electron chi connectivity index (χ2n) is 11.3. The van der Waals surface area contributed by atoms with E-state index in [0.717, 1.165) is 38.4 Å². The molecule has 1 aromatic heterocycles. The Labute approximate surface area is 281 Å². The summed E-state index contributed by atoms with van der Waals surface area (Å²) in [7, 11) is -4.43. The molecule has 0 aliphatic carbocycles. The molecule has 2 aliphatic rings. The minimum atomic E-state index is -4.72. The Hall–Kier alpha value is -5.98. The van der Waals surface area contributed by atoms with Gasteiger partial charge in [-0.2, -0.15) is 18.3 Å². The Bertz CT molecular complexity index is 2060. The average Bonchev–Trinajstić information content (AvgIpc) is 3.61. The number of nitrogens with one attached hydrogen (secondary N) is 1. The van der Waals surface area contributed by atoms with Crippen molar-refractivity contribution in [2.45, 2.75) is 18.0 Å². The average molecular weight is 714 g/mol. The molecule has 3 aromatic carbocycles. The maximum atomic E-state index is 13.5. The highest BCUT2D eigenvalue weighted by atomic mass is 32.2. The zero-order chi connectivity index (χ0) is 35.8. The van der Waals surface area contributed by atoms with E-state index in [2.05, 4.69) is 10.4 Å². The van der Waals surface area contributed by atoms with Gasteiger partial charge in [-0.25, -0.2) is 27.5 Å². The number of imide groups is 1. The number of hydrogen-bond acceptors (Lipinski definition) is 10. The Balaban J connectivity index is 0.993. The van der Waals surface area contributed by atoms with Crippen molar-refractivity contribution >= 4 is 27.9 Å². The third-order valence-corrected chi connectivity index (χ3v) is 9.11. The summed E-state index contributed by atoms with van der Waals surface area (Å²) < 4.78 is 73.9. The summed E-state index contributed by atoms with van der Waals surface area (Å²) in [6.07, 6.45) is -6.01. The van der Waals surface area contributed by atoms with Gasteiger partial charge in [0.15, 0.2) is 5.69 Å². The number of sulfonamides is 1. The molecule has 15 nitrogen and oxygen atoms in total. The number of carbonyl (C=O) groups excluding carboxylic acids is 3. The SMILES string of the molecule is Cc1ccc(-c2cc(C(F)(F)F)nn2-c2ccc(S(=O)(=O)NC(=O)OCC3CN(/[N+]([O-])=N\OCN4C(=O)c5ccccc5C4=O)C3)cc2)cc1. The van der Waals surface area contributed by atoms with E-state index in [1.54, 1.807) is 41.1 Å². The summed E-state index contributed by atoms with van der Waals surface area (Å²) >= 11 is 0. The largest absolute Gasteiger partial charge is 0.569 e. The Morgan fingerprint density at radius 3 is 2.24 bits per heavy atom. The molecular formula is C31H26F3N7O8S. The predicted octanol–water partition coefficient (Wildman–Crippen LogP) is 4.28. The van der Waals surface area contributed by atoms with Crippen LogP contribution >= 0.6 is 0 Å². The monoisotopic (exact) mass is 713 g/mol. The van der Waals surface area contributed by atoms with Gasteiger partial charge in [-0.15, -0.1) is 5.01 Å². The van der Waals surface area contributed by atoms with Crippen molar-refractivity contribution < 1.29 is 50.5 Å². The van der Waals surface area contributed by atoms with Gasteiger partial charge in [-0.1, -0.05) is 42.0 Å². The first kappa shape index (κ1) is 33.9. The summed E-state index contributed by atoms with van der Waals surface area (Å²) in [4.78, 5) is 42.4. The quantitative estimate of drug-likeness (QED) is 0.108. The van der Waals surface area contributed by atoms with E-state index < -0.39 is 46.5 Å². The number of carbonyl (C=O) groups is 3. The standard InChI is InChI=1S/C31H26F3N7O8S/c1-19-6-8-21(9-7-19)26-14-27(31(32,33)34)35-40(26)22-10-12-23(13-11-22)50(46,47)36-30(44)48-17-20-15-38(16-20)41(45)37-49-18-39-28(42)24-4-2-3-5-25(24)29(39)43/h2-14,20H,15-18H2,1H3,(H,36,44)/b41-37+. The highest BCUT2D eigenvalue weighted by Crippen LogP contribution is 2.33. The fourth-order valence-corrected chi connectivity index (χ4v) is 6.02. The van der Waals surface area contributed by atoms with Gasteiger partial charge < -0.3 is 14.8 Å². The van der Waals surface area contributed by atoms with Gasteiger partial charge in [0.1, 0.15) is 0 Å². The Kier molecular flexibility index (Phi) is 8.91. The maximum absolute atomic E-state index is 13.5. The number of nitrogens with zero attached hydrogens (tertiary/aromatic N) is 6. The highest BCUT2D eigenvalue weighted by Gasteiger charge is 2.38. The number of alkyl halides is 3. The first-order chi connectivity index (χ1) is 23.7. The molecule has 3 amide bonds. The van der Waals surface area contributed by atoms with Crippen LogP contribution in [0, 0.1) is 18.0 Å². The molecule has 3 heterocycles. The normalized spacial score (nSPS) is 15.2. The molecule has 19 heteroatoms. The molecule has 260 valence electrons. The van der Waals surface area contributed by atoms with Gasteiger partial charge in [0.2, 0.25) is 12.0 Å². The van der Waals surface area contributed by atoms with Gasteiger partial charge >= 0.3 is 12.3 Å². The first-order valence-corrected chi connectivity index (χ1v) is 16.2. The van der Waals surface area contributed by atoms with E-state index in [1.807, 2.05) is 6.92 Å². The molecule has 50 heavy (non-hydrogen) atoms. The molecule has 0 spiro atoms. The van der Waals surface area contributed by atoms with Gasteiger partial charge in [0.05, 0.1) is 52.1 Å². The third-order valence-electron chi connectivity index (χ3n) is 7.78. The van der Waals surface area contributed by atoms with Crippen molar-refractivity contribution in [3.63, 3.8) is 0 Å². The van der Waals surface area contributed by atoms with Gasteiger partial charge in [0.25, 0.3) is 21.8 Å². The molecule has 1 N–H and O–H groups in total. The number of hydrazine groups is 1. The number of hydrogen-bond donors (Lipinski definition) is 1. The molecule has 0 atom stereocenters. The van der Waals surface area contributed by atoms with Crippen LogP contribution in [0.15, 0.2) is 89.0 Å². The van der Waals surface area contributed by atoms with E-state index in [1.165, 1.54) is 24.3 Å². The van der Waals surface area contributed by atoms with Crippen LogP contribution in [0.5, 0.6) is 0 Å². The molecule has 1 saturated heterocycles. The number of aryl methyl sites for hydroxylation is 1. The van der Waals surface area contributed by atoms with Gasteiger partial charge in [-0.3, -0.25) is 9.59 Å². The Morgan fingerprint density at radius 2 is 1.64 bits per heavy atom. The summed E-state index contributed by atoms with van der Waals surface area (Å²) in [6.45, 7) is 1.14. The second-order valence-corrected chi connectivity index (χ2v) is 13.0. The van der Waals surface area contributed by atoms with Crippen LogP contribution in [0.2, 0.25) is 0 Å². The minimum absolute atomic E-state index is 0.0684. The lowest BCUT2D eigenvalue weighted by Crippen LogP contribution is -2.52. The number of aromatic nitrogens is 2. The predicted molar refractivity (Wildman–Crippen MR) is 164 cm³/mol. The smallest absolute Gasteiger partial charge is 0.435 e. The molecule has 0 radical (unpaired) electrons. The van der Waals surface area contributed by atoms with E-state index in [4.69, 9.17) is 9.57 Å². The molecule has 0 saturated carbocycles. The lowest BCUT2D eigenvalue weighted by Gasteiger charge is -2.33. The minimum Gasteiger partial charge on any atom is -0.569 e. The maximum Gasteiger partial charge on any atom is 0.435 e. The number of ether oxygens (including phenoxy) is 1. The highest BCUT2D eigenvalue weighted by molar-refractivity contribution is 7.90. The van der Waals surface area contributed by atoms with Crippen LogP contribution in [0.1, 0.15) is 32.0 Å². The second kappa shape index (κ2) is 13.1. The van der Waals surface area contributed by atoms with E-state index in [0.29, 0.717) is 5.56 Å². The number of amides is 3. The molecule has 0 bridgehead atoms. The first-order valence-electron chi connectivity index (χ1n) is 14.8.